The Balaban J connectivity index is 1.56. The first kappa shape index (κ1) is 15.9. The fourth-order valence-electron chi connectivity index (χ4n) is 2.59. The lowest BCUT2D eigenvalue weighted by Crippen LogP contribution is -2.33. The summed E-state index contributed by atoms with van der Waals surface area (Å²) in [6.45, 7) is 0.438. The Kier molecular flexibility index (Phi) is 4.29. The number of ether oxygens (including phenoxy) is 1. The lowest BCUT2D eigenvalue weighted by Gasteiger charge is -2.17. The number of carbonyl (C=O) groups is 1. The molecule has 2 aliphatic rings. The van der Waals surface area contributed by atoms with Gasteiger partial charge in [-0.15, -0.1) is 0 Å². The van der Waals surface area contributed by atoms with Crippen molar-refractivity contribution >= 4 is 46.0 Å². The van der Waals surface area contributed by atoms with Gasteiger partial charge in [0.05, 0.1) is 10.6 Å². The molecule has 1 amide bonds. The molecule has 1 fully saturated rings. The van der Waals surface area contributed by atoms with Crippen LogP contribution in [0, 0.1) is 0 Å². The van der Waals surface area contributed by atoms with Gasteiger partial charge in [0.1, 0.15) is 12.4 Å². The van der Waals surface area contributed by atoms with Gasteiger partial charge < -0.3 is 4.74 Å². The molecule has 2 aromatic carbocycles. The number of carbonyl (C=O) groups excluding carboxylic acids is 1. The quantitative estimate of drug-likeness (QED) is 0.650. The molecule has 2 heterocycles. The number of hydrogen-bond acceptors (Lipinski definition) is 5. The van der Waals surface area contributed by atoms with Crippen LogP contribution in [0.3, 0.4) is 0 Å². The Morgan fingerprint density at radius 1 is 1.12 bits per heavy atom. The first-order chi connectivity index (χ1) is 12.2. The summed E-state index contributed by atoms with van der Waals surface area (Å²) >= 11 is 6.62. The number of anilines is 1. The minimum absolute atomic E-state index is 0.154. The van der Waals surface area contributed by atoms with Gasteiger partial charge >= 0.3 is 0 Å². The highest BCUT2D eigenvalue weighted by molar-refractivity contribution is 8.26. The highest BCUT2D eigenvalue weighted by Gasteiger charge is 2.32. The molecule has 0 aliphatic carbocycles. The number of thiocarbonyl (C=S) groups is 1. The van der Waals surface area contributed by atoms with Crippen LogP contribution in [0.1, 0.15) is 5.56 Å². The van der Waals surface area contributed by atoms with E-state index >= 15 is 0 Å². The molecule has 0 unspecified atom stereocenters. The Morgan fingerprint density at radius 3 is 2.72 bits per heavy atom. The molecule has 6 heteroatoms. The molecule has 25 heavy (non-hydrogen) atoms. The third-order valence-corrected chi connectivity index (χ3v) is 5.08. The molecule has 4 nitrogen and oxygen atoms in total. The Bertz CT molecular complexity index is 907. The van der Waals surface area contributed by atoms with E-state index in [0.717, 1.165) is 22.6 Å². The average molecular weight is 366 g/mol. The van der Waals surface area contributed by atoms with Gasteiger partial charge in [0.2, 0.25) is 0 Å². The van der Waals surface area contributed by atoms with Crippen molar-refractivity contribution in [2.75, 3.05) is 12.0 Å². The van der Waals surface area contributed by atoms with Gasteiger partial charge in [0.15, 0.2) is 4.32 Å². The predicted octanol–water partition coefficient (Wildman–Crippen LogP) is 4.23. The van der Waals surface area contributed by atoms with Crippen LogP contribution in [0.5, 0.6) is 5.75 Å². The highest BCUT2D eigenvalue weighted by atomic mass is 32.2. The number of hydrogen-bond donors (Lipinski definition) is 1. The number of benzene rings is 2. The summed E-state index contributed by atoms with van der Waals surface area (Å²) in [5, 5.41) is 1.40. The zero-order valence-electron chi connectivity index (χ0n) is 13.1. The molecule has 124 valence electrons. The summed E-state index contributed by atoms with van der Waals surface area (Å²) in [4.78, 5) is 13.2. The minimum atomic E-state index is -0.154. The van der Waals surface area contributed by atoms with Crippen molar-refractivity contribution in [1.29, 1.82) is 0 Å². The molecule has 1 N–H and O–H groups in total. The number of rotatable bonds is 3. The molecule has 1 saturated heterocycles. The zero-order chi connectivity index (χ0) is 17.2. The molecule has 0 saturated carbocycles. The van der Waals surface area contributed by atoms with Gasteiger partial charge in [0.25, 0.3) is 5.91 Å². The number of nitrogens with one attached hydrogen (secondary N) is 1. The lowest BCUT2D eigenvalue weighted by molar-refractivity contribution is -0.121. The SMILES string of the molecule is O=C1/C(=C\C2=Cc3ccccc3OC2)SC(=S)N1Nc1ccccc1. The van der Waals surface area contributed by atoms with Crippen molar-refractivity contribution in [3.05, 3.63) is 76.7 Å². The molecule has 0 bridgehead atoms. The van der Waals surface area contributed by atoms with Crippen molar-refractivity contribution < 1.29 is 9.53 Å². The van der Waals surface area contributed by atoms with Gasteiger partial charge in [-0.05, 0) is 48.1 Å². The van der Waals surface area contributed by atoms with Crippen molar-refractivity contribution in [3.8, 4) is 5.75 Å². The first-order valence-electron chi connectivity index (χ1n) is 7.73. The summed E-state index contributed by atoms with van der Waals surface area (Å²) in [5.41, 5.74) is 5.82. The molecule has 0 spiro atoms. The zero-order valence-corrected chi connectivity index (χ0v) is 14.8. The van der Waals surface area contributed by atoms with Crippen LogP contribution < -0.4 is 10.2 Å². The fourth-order valence-corrected chi connectivity index (χ4v) is 3.79. The maximum Gasteiger partial charge on any atom is 0.285 e. The number of nitrogens with zero attached hydrogens (tertiary/aromatic N) is 1. The third-order valence-electron chi connectivity index (χ3n) is 3.78. The molecule has 0 radical (unpaired) electrons. The van der Waals surface area contributed by atoms with Crippen LogP contribution in [0.15, 0.2) is 71.2 Å². The van der Waals surface area contributed by atoms with Crippen LogP contribution in [0.4, 0.5) is 5.69 Å². The second kappa shape index (κ2) is 6.74. The smallest absolute Gasteiger partial charge is 0.285 e. The van der Waals surface area contributed by atoms with Crippen molar-refractivity contribution in [2.45, 2.75) is 0 Å². The van der Waals surface area contributed by atoms with Crippen molar-refractivity contribution in [1.82, 2.24) is 5.01 Å². The van der Waals surface area contributed by atoms with E-state index in [0.29, 0.717) is 15.8 Å². The predicted molar refractivity (Wildman–Crippen MR) is 105 cm³/mol. The van der Waals surface area contributed by atoms with Gasteiger partial charge in [-0.3, -0.25) is 10.2 Å². The van der Waals surface area contributed by atoms with E-state index in [9.17, 15) is 4.79 Å². The van der Waals surface area contributed by atoms with E-state index in [1.807, 2.05) is 66.7 Å². The topological polar surface area (TPSA) is 41.6 Å². The lowest BCUT2D eigenvalue weighted by atomic mass is 10.1. The number of hydrazine groups is 1. The van der Waals surface area contributed by atoms with E-state index in [1.165, 1.54) is 16.8 Å². The number of amides is 1. The summed E-state index contributed by atoms with van der Waals surface area (Å²) in [6.07, 6.45) is 3.89. The Labute approximate surface area is 155 Å². The summed E-state index contributed by atoms with van der Waals surface area (Å²) in [7, 11) is 0. The molecular formula is C19H14N2O2S2. The normalized spacial score (nSPS) is 18.0. The summed E-state index contributed by atoms with van der Waals surface area (Å²) in [6, 6.07) is 17.3. The van der Waals surface area contributed by atoms with E-state index in [1.54, 1.807) is 0 Å². The third kappa shape index (κ3) is 3.31. The Hall–Kier alpha value is -2.57. The van der Waals surface area contributed by atoms with E-state index in [4.69, 9.17) is 17.0 Å². The average Bonchev–Trinajstić information content (AvgIpc) is 2.90. The molecular weight excluding hydrogens is 352 g/mol. The van der Waals surface area contributed by atoms with Crippen LogP contribution in [0.2, 0.25) is 0 Å². The standard InChI is InChI=1S/C19H14N2O2S2/c22-18-17(11-13-10-14-6-4-5-9-16(14)23-12-13)25-19(24)21(18)20-15-7-2-1-3-8-15/h1-11,20H,12H2/b17-11+. The Morgan fingerprint density at radius 2 is 1.88 bits per heavy atom. The monoisotopic (exact) mass is 366 g/mol. The van der Waals surface area contributed by atoms with Gasteiger partial charge in [-0.1, -0.05) is 48.2 Å². The molecule has 2 aliphatic heterocycles. The maximum atomic E-state index is 12.7. The van der Waals surface area contributed by atoms with Crippen LogP contribution in [-0.2, 0) is 4.79 Å². The number of thioether (sulfide) groups is 1. The van der Waals surface area contributed by atoms with Crippen LogP contribution in [0.25, 0.3) is 6.08 Å². The van der Waals surface area contributed by atoms with Crippen LogP contribution in [-0.4, -0.2) is 21.8 Å². The van der Waals surface area contributed by atoms with E-state index in [-0.39, 0.29) is 5.91 Å². The summed E-state index contributed by atoms with van der Waals surface area (Å²) in [5.74, 6) is 0.705. The second-order valence-electron chi connectivity index (χ2n) is 5.54. The molecule has 0 atom stereocenters. The minimum Gasteiger partial charge on any atom is -0.488 e. The molecule has 2 aromatic rings. The van der Waals surface area contributed by atoms with Gasteiger partial charge in [-0.2, -0.15) is 0 Å². The summed E-state index contributed by atoms with van der Waals surface area (Å²) < 4.78 is 6.22. The number of fused-ring (bicyclic) bond motifs is 1. The molecule has 4 rings (SSSR count). The van der Waals surface area contributed by atoms with E-state index < -0.39 is 0 Å². The van der Waals surface area contributed by atoms with Crippen molar-refractivity contribution in [2.24, 2.45) is 0 Å². The maximum absolute atomic E-state index is 12.7. The second-order valence-corrected chi connectivity index (χ2v) is 7.22. The van der Waals surface area contributed by atoms with Crippen LogP contribution >= 0.6 is 24.0 Å². The van der Waals surface area contributed by atoms with E-state index in [2.05, 4.69) is 5.43 Å². The fraction of sp³-hybridized carbons (Fsp3) is 0.0526. The molecule has 0 aromatic heterocycles. The largest absolute Gasteiger partial charge is 0.488 e. The number of para-hydroxylation sites is 2. The van der Waals surface area contributed by atoms with Gasteiger partial charge in [0, 0.05) is 5.56 Å². The highest BCUT2D eigenvalue weighted by Crippen LogP contribution is 2.34. The first-order valence-corrected chi connectivity index (χ1v) is 8.95. The van der Waals surface area contributed by atoms with Gasteiger partial charge in [-0.25, -0.2) is 5.01 Å². The van der Waals surface area contributed by atoms with Crippen molar-refractivity contribution in [3.63, 3.8) is 0 Å².